The number of carbonyl (C=O) groups excluding carboxylic acids is 1. The standard InChI is InChI=1S/C15H24N2O2/c1-4-9-19-11-15(18)17-14-7-5-13(6-8-14)10-16-12(2)3/h5-8,12,16H,4,9-11H2,1-3H3,(H,17,18). The van der Waals surface area contributed by atoms with E-state index in [4.69, 9.17) is 4.74 Å². The highest BCUT2D eigenvalue weighted by Crippen LogP contribution is 2.09. The summed E-state index contributed by atoms with van der Waals surface area (Å²) in [6, 6.07) is 8.31. The SMILES string of the molecule is CCCOCC(=O)Nc1ccc(CNC(C)C)cc1. The van der Waals surface area contributed by atoms with E-state index in [1.165, 1.54) is 5.56 Å². The summed E-state index contributed by atoms with van der Waals surface area (Å²) in [5.41, 5.74) is 2.01. The Morgan fingerprint density at radius 3 is 2.53 bits per heavy atom. The van der Waals surface area contributed by atoms with E-state index >= 15 is 0 Å². The van der Waals surface area contributed by atoms with Crippen LogP contribution in [0.3, 0.4) is 0 Å². The largest absolute Gasteiger partial charge is 0.372 e. The van der Waals surface area contributed by atoms with E-state index in [9.17, 15) is 4.79 Å². The van der Waals surface area contributed by atoms with Crippen molar-refractivity contribution in [3.8, 4) is 0 Å². The van der Waals surface area contributed by atoms with Gasteiger partial charge in [0.1, 0.15) is 6.61 Å². The van der Waals surface area contributed by atoms with E-state index in [0.29, 0.717) is 12.6 Å². The lowest BCUT2D eigenvalue weighted by Gasteiger charge is -2.09. The molecule has 0 saturated carbocycles. The maximum atomic E-state index is 11.5. The monoisotopic (exact) mass is 264 g/mol. The fraction of sp³-hybridized carbons (Fsp3) is 0.533. The van der Waals surface area contributed by atoms with Gasteiger partial charge in [0, 0.05) is 24.9 Å². The van der Waals surface area contributed by atoms with E-state index in [-0.39, 0.29) is 12.5 Å². The highest BCUT2D eigenvalue weighted by Gasteiger charge is 2.02. The highest BCUT2D eigenvalue weighted by molar-refractivity contribution is 5.91. The van der Waals surface area contributed by atoms with Crippen molar-refractivity contribution in [2.45, 2.75) is 39.8 Å². The van der Waals surface area contributed by atoms with Crippen LogP contribution in [0.4, 0.5) is 5.69 Å². The van der Waals surface area contributed by atoms with E-state index in [2.05, 4.69) is 24.5 Å². The van der Waals surface area contributed by atoms with Gasteiger partial charge in [-0.25, -0.2) is 0 Å². The summed E-state index contributed by atoms with van der Waals surface area (Å²) in [4.78, 5) is 11.5. The lowest BCUT2D eigenvalue weighted by atomic mass is 10.2. The highest BCUT2D eigenvalue weighted by atomic mass is 16.5. The van der Waals surface area contributed by atoms with E-state index in [1.807, 2.05) is 31.2 Å². The quantitative estimate of drug-likeness (QED) is 0.709. The lowest BCUT2D eigenvalue weighted by Crippen LogP contribution is -2.21. The summed E-state index contributed by atoms with van der Waals surface area (Å²) >= 11 is 0. The van der Waals surface area contributed by atoms with Crippen LogP contribution in [0.2, 0.25) is 0 Å². The maximum absolute atomic E-state index is 11.5. The van der Waals surface area contributed by atoms with Crippen LogP contribution in [0.1, 0.15) is 32.8 Å². The third-order valence-electron chi connectivity index (χ3n) is 2.53. The topological polar surface area (TPSA) is 50.4 Å². The Morgan fingerprint density at radius 2 is 1.95 bits per heavy atom. The molecule has 0 saturated heterocycles. The van der Waals surface area contributed by atoms with Crippen LogP contribution in [0.15, 0.2) is 24.3 Å². The first-order valence-electron chi connectivity index (χ1n) is 6.81. The smallest absolute Gasteiger partial charge is 0.250 e. The van der Waals surface area contributed by atoms with Crippen LogP contribution in [-0.4, -0.2) is 25.2 Å². The average molecular weight is 264 g/mol. The number of carbonyl (C=O) groups is 1. The van der Waals surface area contributed by atoms with Crippen molar-refractivity contribution in [1.29, 1.82) is 0 Å². The van der Waals surface area contributed by atoms with Gasteiger partial charge in [-0.05, 0) is 24.1 Å². The number of anilines is 1. The van der Waals surface area contributed by atoms with Crippen molar-refractivity contribution in [1.82, 2.24) is 5.32 Å². The molecule has 0 aromatic heterocycles. The fourth-order valence-electron chi connectivity index (χ4n) is 1.53. The first kappa shape index (κ1) is 15.7. The zero-order chi connectivity index (χ0) is 14.1. The molecule has 0 spiro atoms. The van der Waals surface area contributed by atoms with Crippen LogP contribution in [0.25, 0.3) is 0 Å². The maximum Gasteiger partial charge on any atom is 0.250 e. The minimum atomic E-state index is -0.110. The number of rotatable bonds is 8. The summed E-state index contributed by atoms with van der Waals surface area (Å²) in [5, 5.41) is 6.16. The van der Waals surface area contributed by atoms with Gasteiger partial charge in [0.15, 0.2) is 0 Å². The van der Waals surface area contributed by atoms with Crippen molar-refractivity contribution in [3.05, 3.63) is 29.8 Å². The van der Waals surface area contributed by atoms with E-state index in [1.54, 1.807) is 0 Å². The summed E-state index contributed by atoms with van der Waals surface area (Å²) in [6.07, 6.45) is 0.921. The van der Waals surface area contributed by atoms with Crippen molar-refractivity contribution in [3.63, 3.8) is 0 Å². The van der Waals surface area contributed by atoms with Crippen molar-refractivity contribution < 1.29 is 9.53 Å². The van der Waals surface area contributed by atoms with Gasteiger partial charge in [0.05, 0.1) is 0 Å². The number of hydrogen-bond acceptors (Lipinski definition) is 3. The molecule has 0 radical (unpaired) electrons. The predicted octanol–water partition coefficient (Wildman–Crippen LogP) is 2.55. The zero-order valence-corrected chi connectivity index (χ0v) is 12.0. The molecule has 0 unspecified atom stereocenters. The van der Waals surface area contributed by atoms with Crippen LogP contribution >= 0.6 is 0 Å². The molecule has 1 amide bonds. The molecule has 0 heterocycles. The Kier molecular flexibility index (Phi) is 7.15. The fourth-order valence-corrected chi connectivity index (χ4v) is 1.53. The van der Waals surface area contributed by atoms with Gasteiger partial charge in [0.25, 0.3) is 0 Å². The molecule has 106 valence electrons. The average Bonchev–Trinajstić information content (AvgIpc) is 2.38. The van der Waals surface area contributed by atoms with Gasteiger partial charge in [0.2, 0.25) is 5.91 Å². The summed E-state index contributed by atoms with van der Waals surface area (Å²) in [6.45, 7) is 7.82. The van der Waals surface area contributed by atoms with Crippen molar-refractivity contribution in [2.24, 2.45) is 0 Å². The summed E-state index contributed by atoms with van der Waals surface area (Å²) in [7, 11) is 0. The molecular weight excluding hydrogens is 240 g/mol. The van der Waals surface area contributed by atoms with Crippen molar-refractivity contribution >= 4 is 11.6 Å². The third-order valence-corrected chi connectivity index (χ3v) is 2.53. The minimum Gasteiger partial charge on any atom is -0.372 e. The molecule has 0 bridgehead atoms. The second-order valence-corrected chi connectivity index (χ2v) is 4.83. The molecule has 2 N–H and O–H groups in total. The third kappa shape index (κ3) is 6.94. The molecule has 1 rings (SSSR count). The van der Waals surface area contributed by atoms with Crippen molar-refractivity contribution in [2.75, 3.05) is 18.5 Å². The number of hydrogen-bond donors (Lipinski definition) is 2. The molecule has 0 fully saturated rings. The van der Waals surface area contributed by atoms with Crippen LogP contribution in [0.5, 0.6) is 0 Å². The molecule has 4 heteroatoms. The lowest BCUT2D eigenvalue weighted by molar-refractivity contribution is -0.120. The van der Waals surface area contributed by atoms with Gasteiger partial charge in [-0.1, -0.05) is 32.9 Å². The van der Waals surface area contributed by atoms with Gasteiger partial charge < -0.3 is 15.4 Å². The second kappa shape index (κ2) is 8.67. The van der Waals surface area contributed by atoms with Crippen LogP contribution in [0, 0.1) is 0 Å². The molecular formula is C15H24N2O2. The molecule has 19 heavy (non-hydrogen) atoms. The number of amides is 1. The van der Waals surface area contributed by atoms with E-state index < -0.39 is 0 Å². The molecule has 0 aliphatic heterocycles. The summed E-state index contributed by atoms with van der Waals surface area (Å²) < 4.78 is 5.18. The molecule has 0 atom stereocenters. The Balaban J connectivity index is 2.37. The Morgan fingerprint density at radius 1 is 1.26 bits per heavy atom. The first-order chi connectivity index (χ1) is 9.11. The number of benzene rings is 1. The van der Waals surface area contributed by atoms with E-state index in [0.717, 1.165) is 18.7 Å². The van der Waals surface area contributed by atoms with Crippen LogP contribution in [-0.2, 0) is 16.1 Å². The second-order valence-electron chi connectivity index (χ2n) is 4.83. The predicted molar refractivity (Wildman–Crippen MR) is 78.2 cm³/mol. The zero-order valence-electron chi connectivity index (χ0n) is 12.0. The van der Waals surface area contributed by atoms with Gasteiger partial charge in [-0.2, -0.15) is 0 Å². The summed E-state index contributed by atoms with van der Waals surface area (Å²) in [5.74, 6) is -0.110. The van der Waals surface area contributed by atoms with Crippen LogP contribution < -0.4 is 10.6 Å². The Labute approximate surface area is 115 Å². The van der Waals surface area contributed by atoms with Gasteiger partial charge in [-0.3, -0.25) is 4.79 Å². The van der Waals surface area contributed by atoms with Gasteiger partial charge >= 0.3 is 0 Å². The molecule has 1 aromatic rings. The molecule has 4 nitrogen and oxygen atoms in total. The number of nitrogens with one attached hydrogen (secondary N) is 2. The Bertz CT molecular complexity index is 374. The Hall–Kier alpha value is -1.39. The minimum absolute atomic E-state index is 0.110. The first-order valence-corrected chi connectivity index (χ1v) is 6.81. The number of ether oxygens (including phenoxy) is 1. The molecule has 0 aliphatic rings. The normalized spacial score (nSPS) is 10.7. The van der Waals surface area contributed by atoms with Gasteiger partial charge in [-0.15, -0.1) is 0 Å². The molecule has 1 aromatic carbocycles. The molecule has 0 aliphatic carbocycles.